The molecule has 2 aromatic carbocycles. The summed E-state index contributed by atoms with van der Waals surface area (Å²) in [6.45, 7) is 0. The highest BCUT2D eigenvalue weighted by atomic mass is 31.2. The normalized spacial score (nSPS) is 11.7. The zero-order valence-corrected chi connectivity index (χ0v) is 12.7. The molecule has 2 rings (SSSR count). The number of benzene rings is 2. The highest BCUT2D eigenvalue weighted by Crippen LogP contribution is 2.37. The van der Waals surface area contributed by atoms with Crippen molar-refractivity contribution in [3.8, 4) is 11.5 Å². The molecule has 0 aliphatic carbocycles. The quantitative estimate of drug-likeness (QED) is 0.269. The molecule has 0 heterocycles. The molecule has 0 aliphatic heterocycles. The first kappa shape index (κ1) is 19.1. The number of nitrogens with zero attached hydrogens (tertiary/aromatic N) is 1. The lowest BCUT2D eigenvalue weighted by Crippen LogP contribution is -2.35. The van der Waals surface area contributed by atoms with Gasteiger partial charge in [0.1, 0.15) is 10.8 Å². The van der Waals surface area contributed by atoms with Gasteiger partial charge >= 0.3 is 7.59 Å². The zero-order chi connectivity index (χ0) is 18.9. The van der Waals surface area contributed by atoms with Crippen molar-refractivity contribution in [2.24, 2.45) is 11.0 Å². The minimum atomic E-state index is -4.58. The number of nitrogens with two attached hydrogens (primary N) is 2. The highest BCUT2D eigenvalue weighted by molar-refractivity contribution is 7.56. The van der Waals surface area contributed by atoms with E-state index in [1.807, 2.05) is 0 Å². The molecule has 0 unspecified atom stereocenters. The molecular weight excluding hydrogens is 379 g/mol. The summed E-state index contributed by atoms with van der Waals surface area (Å²) in [6, 6.07) is 3.67. The molecule has 0 radical (unpaired) electrons. The van der Waals surface area contributed by atoms with Crippen molar-refractivity contribution in [2.75, 3.05) is 0 Å². The van der Waals surface area contributed by atoms with Crippen LogP contribution in [0.4, 0.5) is 26.3 Å². The summed E-state index contributed by atoms with van der Waals surface area (Å²) in [4.78, 5) is 8.67. The van der Waals surface area contributed by atoms with Crippen LogP contribution in [0, 0.1) is 34.9 Å². The second-order valence-corrected chi connectivity index (χ2v) is 6.12. The van der Waals surface area contributed by atoms with Crippen LogP contribution in [0.15, 0.2) is 24.3 Å². The Kier molecular flexibility index (Phi) is 5.28. The van der Waals surface area contributed by atoms with Crippen molar-refractivity contribution in [3.05, 3.63) is 59.2 Å². The standard InChI is InChI=1S/C12H8F6N3O3P/c13-5-1-3-6(4-2-5)23-21(25(19,20)22)24-12-10(17)8(15)7(14)9(16)11(12)18/h1-4H,(H4,19,20,22). The fourth-order valence-corrected chi connectivity index (χ4v) is 1.91. The molecule has 0 atom stereocenters. The van der Waals surface area contributed by atoms with E-state index in [0.717, 1.165) is 24.3 Å². The van der Waals surface area contributed by atoms with Crippen molar-refractivity contribution in [2.45, 2.75) is 0 Å². The van der Waals surface area contributed by atoms with E-state index in [1.165, 1.54) is 0 Å². The topological polar surface area (TPSA) is 90.8 Å². The third-order valence-corrected chi connectivity index (χ3v) is 3.27. The molecule has 2 aromatic rings. The Morgan fingerprint density at radius 1 is 0.760 bits per heavy atom. The van der Waals surface area contributed by atoms with Gasteiger partial charge in [-0.3, -0.25) is 15.6 Å². The largest absolute Gasteiger partial charge is 0.363 e. The first-order chi connectivity index (χ1) is 11.5. The van der Waals surface area contributed by atoms with Crippen LogP contribution in [0.3, 0.4) is 0 Å². The minimum absolute atomic E-state index is 0.318. The number of hydrogen-bond acceptors (Lipinski definition) is 3. The predicted molar refractivity (Wildman–Crippen MR) is 71.7 cm³/mol. The molecule has 0 aromatic heterocycles. The maximum Gasteiger partial charge on any atom is 0.347 e. The maximum absolute atomic E-state index is 13.6. The van der Waals surface area contributed by atoms with Gasteiger partial charge in [0.15, 0.2) is 5.75 Å². The van der Waals surface area contributed by atoms with Crippen molar-refractivity contribution in [1.29, 1.82) is 0 Å². The SMILES string of the molecule is NP(N)(=O)N(Oc1ccc(F)cc1)Oc1c(F)c(F)c(F)c(F)c1F. The van der Waals surface area contributed by atoms with Crippen LogP contribution in [0.5, 0.6) is 11.5 Å². The lowest BCUT2D eigenvalue weighted by Gasteiger charge is -2.24. The molecule has 0 spiro atoms. The summed E-state index contributed by atoms with van der Waals surface area (Å²) in [5.74, 6) is -14.7. The van der Waals surface area contributed by atoms with E-state index in [0.29, 0.717) is 0 Å². The molecule has 0 fully saturated rings. The Labute approximate surface area is 136 Å². The fraction of sp³-hybridized carbons (Fsp3) is 0. The predicted octanol–water partition coefficient (Wildman–Crippen LogP) is 3.14. The van der Waals surface area contributed by atoms with Crippen LogP contribution >= 0.6 is 7.59 Å². The molecule has 0 bridgehead atoms. The van der Waals surface area contributed by atoms with Gasteiger partial charge in [0.25, 0.3) is 0 Å². The molecule has 25 heavy (non-hydrogen) atoms. The van der Waals surface area contributed by atoms with Gasteiger partial charge in [0.2, 0.25) is 34.8 Å². The average molecular weight is 387 g/mol. The zero-order valence-electron chi connectivity index (χ0n) is 11.9. The van der Waals surface area contributed by atoms with E-state index < -0.39 is 48.2 Å². The van der Waals surface area contributed by atoms with E-state index in [-0.39, 0.29) is 10.7 Å². The molecule has 13 heteroatoms. The van der Waals surface area contributed by atoms with Gasteiger partial charge in [-0.2, -0.15) is 8.78 Å². The molecule has 0 aliphatic rings. The lowest BCUT2D eigenvalue weighted by atomic mass is 10.3. The lowest BCUT2D eigenvalue weighted by molar-refractivity contribution is -0.182. The monoisotopic (exact) mass is 387 g/mol. The van der Waals surface area contributed by atoms with Crippen molar-refractivity contribution in [3.63, 3.8) is 0 Å². The Morgan fingerprint density at radius 2 is 1.20 bits per heavy atom. The molecule has 6 nitrogen and oxygen atoms in total. The summed E-state index contributed by atoms with van der Waals surface area (Å²) in [5, 5.41) is 0. The summed E-state index contributed by atoms with van der Waals surface area (Å²) in [7, 11) is -4.58. The van der Waals surface area contributed by atoms with Gasteiger partial charge in [-0.05, 0) is 24.3 Å². The first-order valence-corrected chi connectivity index (χ1v) is 7.93. The van der Waals surface area contributed by atoms with E-state index in [4.69, 9.17) is 15.8 Å². The second-order valence-electron chi connectivity index (χ2n) is 4.45. The van der Waals surface area contributed by atoms with Crippen LogP contribution in [-0.4, -0.2) is 5.00 Å². The third kappa shape index (κ3) is 4.04. The van der Waals surface area contributed by atoms with Crippen molar-refractivity contribution >= 4 is 7.59 Å². The highest BCUT2D eigenvalue weighted by Gasteiger charge is 2.34. The van der Waals surface area contributed by atoms with Crippen LogP contribution < -0.4 is 20.7 Å². The van der Waals surface area contributed by atoms with E-state index in [2.05, 4.69) is 4.84 Å². The van der Waals surface area contributed by atoms with Gasteiger partial charge in [-0.25, -0.2) is 17.6 Å². The fourth-order valence-electron chi connectivity index (χ4n) is 1.47. The van der Waals surface area contributed by atoms with Gasteiger partial charge in [0.05, 0.1) is 0 Å². The Hall–Kier alpha value is -2.27. The number of hydrogen-bond donors (Lipinski definition) is 2. The van der Waals surface area contributed by atoms with Crippen LogP contribution in [0.2, 0.25) is 0 Å². The summed E-state index contributed by atoms with van der Waals surface area (Å²) in [5.41, 5.74) is 10.1. The molecule has 0 saturated heterocycles. The number of rotatable bonds is 5. The van der Waals surface area contributed by atoms with Crippen LogP contribution in [0.1, 0.15) is 0 Å². The van der Waals surface area contributed by atoms with Crippen molar-refractivity contribution < 1.29 is 40.6 Å². The van der Waals surface area contributed by atoms with E-state index >= 15 is 0 Å². The van der Waals surface area contributed by atoms with Crippen molar-refractivity contribution in [1.82, 2.24) is 5.00 Å². The average Bonchev–Trinajstić information content (AvgIpc) is 2.55. The Morgan fingerprint density at radius 3 is 1.64 bits per heavy atom. The van der Waals surface area contributed by atoms with Gasteiger partial charge in [-0.1, -0.05) is 0 Å². The molecule has 0 amide bonds. The molecule has 136 valence electrons. The smallest absolute Gasteiger partial charge is 0.347 e. The third-order valence-electron chi connectivity index (χ3n) is 2.59. The first-order valence-electron chi connectivity index (χ1n) is 6.13. The Balaban J connectivity index is 2.42. The number of halogens is 6. The van der Waals surface area contributed by atoms with E-state index in [9.17, 15) is 30.9 Å². The molecule has 4 N–H and O–H groups in total. The minimum Gasteiger partial charge on any atom is -0.363 e. The van der Waals surface area contributed by atoms with Gasteiger partial charge < -0.3 is 9.68 Å². The summed E-state index contributed by atoms with van der Waals surface area (Å²) < 4.78 is 91.0. The molecule has 0 saturated carbocycles. The van der Waals surface area contributed by atoms with Crippen LogP contribution in [0.25, 0.3) is 0 Å². The molecular formula is C12H8F6N3O3P. The maximum atomic E-state index is 13.6. The summed E-state index contributed by atoms with van der Waals surface area (Å²) >= 11 is 0. The van der Waals surface area contributed by atoms with E-state index in [1.54, 1.807) is 0 Å². The van der Waals surface area contributed by atoms with Gasteiger partial charge in [-0.15, -0.1) is 0 Å². The van der Waals surface area contributed by atoms with Gasteiger partial charge in [0, 0.05) is 0 Å². The second kappa shape index (κ2) is 6.92. The van der Waals surface area contributed by atoms with Crippen LogP contribution in [-0.2, 0) is 4.57 Å². The summed E-state index contributed by atoms with van der Waals surface area (Å²) in [6.07, 6.45) is 0. The Bertz CT molecular complexity index is 816.